The lowest BCUT2D eigenvalue weighted by Gasteiger charge is -2.25. The highest BCUT2D eigenvalue weighted by Crippen LogP contribution is 2.33. The Hall–Kier alpha value is -1.56. The quantitative estimate of drug-likeness (QED) is 0.930. The van der Waals surface area contributed by atoms with Crippen LogP contribution in [0, 0.1) is 11.8 Å². The van der Waals surface area contributed by atoms with Gasteiger partial charge >= 0.3 is 12.1 Å². The summed E-state index contributed by atoms with van der Waals surface area (Å²) >= 11 is 0. The molecule has 0 spiro atoms. The number of rotatable bonds is 3. The molecule has 0 amide bonds. The van der Waals surface area contributed by atoms with Crippen molar-refractivity contribution in [3.8, 4) is 0 Å². The summed E-state index contributed by atoms with van der Waals surface area (Å²) in [5.74, 6) is -1.19. The Bertz CT molecular complexity index is 513. The molecule has 0 radical (unpaired) electrons. The molecule has 2 rings (SSSR count). The number of hydrogen-bond acceptors (Lipinski definition) is 2. The van der Waals surface area contributed by atoms with E-state index in [1.54, 1.807) is 0 Å². The van der Waals surface area contributed by atoms with Gasteiger partial charge < -0.3 is 5.11 Å². The average molecular weight is 301 g/mol. The molecule has 1 aliphatic heterocycles. The van der Waals surface area contributed by atoms with Crippen LogP contribution in [-0.2, 0) is 11.0 Å². The first kappa shape index (κ1) is 15.8. The number of carboxylic acids is 1. The van der Waals surface area contributed by atoms with E-state index in [0.29, 0.717) is 13.1 Å². The summed E-state index contributed by atoms with van der Waals surface area (Å²) in [7, 11) is 0. The van der Waals surface area contributed by atoms with Crippen LogP contribution in [0.3, 0.4) is 0 Å². The molecule has 3 nitrogen and oxygen atoms in total. The minimum Gasteiger partial charge on any atom is -0.481 e. The van der Waals surface area contributed by atoms with Crippen molar-refractivity contribution in [3.05, 3.63) is 35.4 Å². The second-order valence-electron chi connectivity index (χ2n) is 5.67. The molecule has 6 heteroatoms. The molecular weight excluding hydrogens is 283 g/mol. The van der Waals surface area contributed by atoms with Gasteiger partial charge in [-0.2, -0.15) is 13.2 Å². The zero-order valence-corrected chi connectivity index (χ0v) is 11.9. The SMILES string of the molecule is CC(c1ccc(C(F)(F)F)cc1)N1C[C@@H](C)[C@H](C(=O)O)C1. The maximum Gasteiger partial charge on any atom is 0.416 e. The summed E-state index contributed by atoms with van der Waals surface area (Å²) in [5.41, 5.74) is 0.0953. The van der Waals surface area contributed by atoms with Crippen molar-refractivity contribution in [1.82, 2.24) is 4.90 Å². The van der Waals surface area contributed by atoms with Crippen LogP contribution < -0.4 is 0 Å². The largest absolute Gasteiger partial charge is 0.481 e. The fourth-order valence-electron chi connectivity index (χ4n) is 2.80. The number of benzene rings is 1. The van der Waals surface area contributed by atoms with Crippen molar-refractivity contribution in [2.75, 3.05) is 13.1 Å². The molecule has 0 saturated carbocycles. The molecule has 1 unspecified atom stereocenters. The summed E-state index contributed by atoms with van der Waals surface area (Å²) in [4.78, 5) is 13.1. The van der Waals surface area contributed by atoms with E-state index in [4.69, 9.17) is 5.11 Å². The summed E-state index contributed by atoms with van der Waals surface area (Å²) in [6, 6.07) is 4.97. The van der Waals surface area contributed by atoms with E-state index >= 15 is 0 Å². The Kier molecular flexibility index (Phi) is 4.27. The molecule has 21 heavy (non-hydrogen) atoms. The third-order valence-corrected chi connectivity index (χ3v) is 4.23. The fourth-order valence-corrected chi connectivity index (χ4v) is 2.80. The highest BCUT2D eigenvalue weighted by atomic mass is 19.4. The first-order valence-electron chi connectivity index (χ1n) is 6.84. The standard InChI is InChI=1S/C15H18F3NO2/c1-9-7-19(8-13(9)14(20)21)10(2)11-3-5-12(6-4-11)15(16,17)18/h3-6,9-10,13H,7-8H2,1-2H3,(H,20,21)/t9-,10?,13-/m1/s1. The Morgan fingerprint density at radius 1 is 1.29 bits per heavy atom. The minimum atomic E-state index is -4.33. The molecular formula is C15H18F3NO2. The first-order chi connectivity index (χ1) is 9.70. The topological polar surface area (TPSA) is 40.5 Å². The van der Waals surface area contributed by atoms with Gasteiger partial charge in [0.2, 0.25) is 0 Å². The molecule has 0 aliphatic carbocycles. The van der Waals surface area contributed by atoms with Gasteiger partial charge in [0.15, 0.2) is 0 Å². The van der Waals surface area contributed by atoms with Crippen molar-refractivity contribution >= 4 is 5.97 Å². The van der Waals surface area contributed by atoms with Crippen molar-refractivity contribution in [1.29, 1.82) is 0 Å². The average Bonchev–Trinajstić information content (AvgIpc) is 2.79. The molecule has 1 N–H and O–H groups in total. The Morgan fingerprint density at radius 2 is 1.86 bits per heavy atom. The number of carboxylic acid groups (broad SMARTS) is 1. The lowest BCUT2D eigenvalue weighted by Crippen LogP contribution is -2.26. The number of alkyl halides is 3. The normalized spacial score (nSPS) is 25.0. The van der Waals surface area contributed by atoms with E-state index in [2.05, 4.69) is 0 Å². The van der Waals surface area contributed by atoms with Crippen molar-refractivity contribution in [2.24, 2.45) is 11.8 Å². The summed E-state index contributed by atoms with van der Waals surface area (Å²) in [6.07, 6.45) is -4.33. The van der Waals surface area contributed by atoms with Crippen LogP contribution in [0.1, 0.15) is 31.0 Å². The molecule has 1 fully saturated rings. The van der Waals surface area contributed by atoms with Crippen LogP contribution >= 0.6 is 0 Å². The molecule has 3 atom stereocenters. The van der Waals surface area contributed by atoms with Gasteiger partial charge in [-0.1, -0.05) is 19.1 Å². The lowest BCUT2D eigenvalue weighted by molar-refractivity contribution is -0.142. The second kappa shape index (κ2) is 5.67. The molecule has 1 heterocycles. The van der Waals surface area contributed by atoms with E-state index in [-0.39, 0.29) is 12.0 Å². The number of nitrogens with zero attached hydrogens (tertiary/aromatic N) is 1. The maximum atomic E-state index is 12.5. The van der Waals surface area contributed by atoms with Gasteiger partial charge in [-0.3, -0.25) is 9.69 Å². The molecule has 1 aliphatic rings. The predicted molar refractivity (Wildman–Crippen MR) is 71.7 cm³/mol. The van der Waals surface area contributed by atoms with Gasteiger partial charge in [-0.05, 0) is 30.5 Å². The van der Waals surface area contributed by atoms with Crippen LogP contribution in [-0.4, -0.2) is 29.1 Å². The Labute approximate surface area is 121 Å². The summed E-state index contributed by atoms with van der Waals surface area (Å²) in [5, 5.41) is 9.13. The van der Waals surface area contributed by atoms with Crippen molar-refractivity contribution < 1.29 is 23.1 Å². The number of hydrogen-bond donors (Lipinski definition) is 1. The van der Waals surface area contributed by atoms with E-state index in [0.717, 1.165) is 17.7 Å². The van der Waals surface area contributed by atoms with E-state index < -0.39 is 23.6 Å². The third kappa shape index (κ3) is 3.37. The number of carbonyl (C=O) groups is 1. The van der Waals surface area contributed by atoms with Gasteiger partial charge in [0, 0.05) is 19.1 Å². The van der Waals surface area contributed by atoms with Crippen molar-refractivity contribution in [2.45, 2.75) is 26.1 Å². The zero-order chi connectivity index (χ0) is 15.8. The van der Waals surface area contributed by atoms with Crippen molar-refractivity contribution in [3.63, 3.8) is 0 Å². The zero-order valence-electron chi connectivity index (χ0n) is 11.9. The van der Waals surface area contributed by atoms with Crippen LogP contribution in [0.25, 0.3) is 0 Å². The lowest BCUT2D eigenvalue weighted by atomic mass is 9.99. The number of halogens is 3. The molecule has 0 bridgehead atoms. The maximum absolute atomic E-state index is 12.5. The predicted octanol–water partition coefficient (Wildman–Crippen LogP) is 3.42. The molecule has 1 saturated heterocycles. The highest BCUT2D eigenvalue weighted by Gasteiger charge is 2.37. The minimum absolute atomic E-state index is 0.0411. The molecule has 1 aromatic carbocycles. The number of likely N-dealkylation sites (tertiary alicyclic amines) is 1. The summed E-state index contributed by atoms with van der Waals surface area (Å²) in [6.45, 7) is 4.84. The van der Waals surface area contributed by atoms with Crippen LogP contribution in [0.4, 0.5) is 13.2 Å². The number of aliphatic carboxylic acids is 1. The van der Waals surface area contributed by atoms with Crippen LogP contribution in [0.5, 0.6) is 0 Å². The van der Waals surface area contributed by atoms with Gasteiger partial charge in [0.05, 0.1) is 11.5 Å². The van der Waals surface area contributed by atoms with E-state index in [1.165, 1.54) is 12.1 Å². The second-order valence-corrected chi connectivity index (χ2v) is 5.67. The summed E-state index contributed by atoms with van der Waals surface area (Å²) < 4.78 is 37.6. The Morgan fingerprint density at radius 3 is 2.29 bits per heavy atom. The van der Waals surface area contributed by atoms with Crippen LogP contribution in [0.2, 0.25) is 0 Å². The van der Waals surface area contributed by atoms with E-state index in [9.17, 15) is 18.0 Å². The van der Waals surface area contributed by atoms with Gasteiger partial charge in [0.1, 0.15) is 0 Å². The monoisotopic (exact) mass is 301 g/mol. The fraction of sp³-hybridized carbons (Fsp3) is 0.533. The smallest absolute Gasteiger partial charge is 0.416 e. The van der Waals surface area contributed by atoms with Gasteiger partial charge in [0.25, 0.3) is 0 Å². The van der Waals surface area contributed by atoms with Crippen LogP contribution in [0.15, 0.2) is 24.3 Å². The third-order valence-electron chi connectivity index (χ3n) is 4.23. The molecule has 1 aromatic rings. The molecule has 0 aromatic heterocycles. The molecule has 116 valence electrons. The van der Waals surface area contributed by atoms with Gasteiger partial charge in [-0.15, -0.1) is 0 Å². The first-order valence-corrected chi connectivity index (χ1v) is 6.84. The Balaban J connectivity index is 2.11. The van der Waals surface area contributed by atoms with E-state index in [1.807, 2.05) is 18.7 Å². The highest BCUT2D eigenvalue weighted by molar-refractivity contribution is 5.71. The van der Waals surface area contributed by atoms with Gasteiger partial charge in [-0.25, -0.2) is 0 Å².